The summed E-state index contributed by atoms with van der Waals surface area (Å²) in [4.78, 5) is 39.4. The van der Waals surface area contributed by atoms with Crippen molar-refractivity contribution < 1.29 is 24.2 Å². The summed E-state index contributed by atoms with van der Waals surface area (Å²) in [7, 11) is 0. The van der Waals surface area contributed by atoms with Crippen LogP contribution in [0.2, 0.25) is 0 Å². The Morgan fingerprint density at radius 3 is 2.50 bits per heavy atom. The molecule has 0 saturated heterocycles. The number of amides is 1. The number of carbonyl (C=O) groups excluding carboxylic acids is 2. The average Bonchev–Trinajstić information content (AvgIpc) is 2.72. The topological polar surface area (TPSA) is 144 Å². The minimum Gasteiger partial charge on any atom is -0.494 e. The zero-order chi connectivity index (χ0) is 22.0. The Kier molecular flexibility index (Phi) is 8.30. The van der Waals surface area contributed by atoms with Crippen molar-refractivity contribution in [1.82, 2.24) is 10.3 Å². The standard InChI is InChI=1S/C21H26N4O5/c1-15(26)21(22,20(29)24-13-11-16-5-2-3-12-23-16)25-17-7-9-18(10-8-17)30-14-4-6-19(27)28/h2-3,5,7-10,12,25H,4,6,11,13-14,22H2,1H3,(H,24,29)(H,27,28). The molecule has 1 amide bonds. The van der Waals surface area contributed by atoms with Crippen LogP contribution in [0.1, 0.15) is 25.5 Å². The van der Waals surface area contributed by atoms with Crippen LogP contribution in [0, 0.1) is 0 Å². The van der Waals surface area contributed by atoms with Gasteiger partial charge >= 0.3 is 5.97 Å². The molecule has 30 heavy (non-hydrogen) atoms. The molecule has 160 valence electrons. The Morgan fingerprint density at radius 1 is 1.17 bits per heavy atom. The maximum Gasteiger partial charge on any atom is 0.303 e. The van der Waals surface area contributed by atoms with Crippen molar-refractivity contribution in [3.05, 3.63) is 54.4 Å². The zero-order valence-electron chi connectivity index (χ0n) is 16.8. The number of hydrogen-bond donors (Lipinski definition) is 4. The lowest BCUT2D eigenvalue weighted by Crippen LogP contribution is -2.64. The Labute approximate surface area is 174 Å². The fourth-order valence-corrected chi connectivity index (χ4v) is 2.57. The molecule has 1 aromatic carbocycles. The van der Waals surface area contributed by atoms with Gasteiger partial charge in [0, 0.05) is 37.0 Å². The molecule has 0 aliphatic carbocycles. The van der Waals surface area contributed by atoms with Crippen LogP contribution in [-0.2, 0) is 20.8 Å². The van der Waals surface area contributed by atoms with E-state index in [9.17, 15) is 14.4 Å². The molecular formula is C21H26N4O5. The maximum absolute atomic E-state index is 12.6. The zero-order valence-corrected chi connectivity index (χ0v) is 16.8. The number of aromatic nitrogens is 1. The van der Waals surface area contributed by atoms with E-state index in [4.69, 9.17) is 15.6 Å². The van der Waals surface area contributed by atoms with Gasteiger partial charge in [-0.05, 0) is 49.7 Å². The first kappa shape index (κ1) is 22.8. The largest absolute Gasteiger partial charge is 0.494 e. The van der Waals surface area contributed by atoms with E-state index in [1.165, 1.54) is 6.92 Å². The van der Waals surface area contributed by atoms with Crippen molar-refractivity contribution in [1.29, 1.82) is 0 Å². The van der Waals surface area contributed by atoms with Gasteiger partial charge < -0.3 is 20.5 Å². The van der Waals surface area contributed by atoms with E-state index in [0.29, 0.717) is 24.3 Å². The number of carbonyl (C=O) groups is 3. The first-order chi connectivity index (χ1) is 14.3. The summed E-state index contributed by atoms with van der Waals surface area (Å²) in [5.41, 5.74) is 5.44. The molecule has 2 aromatic rings. The minimum atomic E-state index is -1.92. The third kappa shape index (κ3) is 6.85. The van der Waals surface area contributed by atoms with Gasteiger partial charge in [0.05, 0.1) is 6.61 Å². The van der Waals surface area contributed by atoms with E-state index in [2.05, 4.69) is 15.6 Å². The van der Waals surface area contributed by atoms with E-state index >= 15 is 0 Å². The number of nitrogens with one attached hydrogen (secondary N) is 2. The molecule has 1 heterocycles. The van der Waals surface area contributed by atoms with Gasteiger partial charge in [0.15, 0.2) is 5.78 Å². The maximum atomic E-state index is 12.6. The predicted molar refractivity (Wildman–Crippen MR) is 111 cm³/mol. The Bertz CT molecular complexity index is 857. The van der Waals surface area contributed by atoms with Gasteiger partial charge in [0.2, 0.25) is 5.66 Å². The molecule has 9 nitrogen and oxygen atoms in total. The van der Waals surface area contributed by atoms with Crippen LogP contribution in [0.15, 0.2) is 48.7 Å². The van der Waals surface area contributed by atoms with Gasteiger partial charge in [-0.3, -0.25) is 25.1 Å². The highest BCUT2D eigenvalue weighted by molar-refractivity contribution is 6.11. The van der Waals surface area contributed by atoms with Gasteiger partial charge in [-0.2, -0.15) is 0 Å². The summed E-state index contributed by atoms with van der Waals surface area (Å²) >= 11 is 0. The van der Waals surface area contributed by atoms with Crippen LogP contribution in [0.3, 0.4) is 0 Å². The molecule has 1 atom stereocenters. The molecule has 1 aromatic heterocycles. The van der Waals surface area contributed by atoms with Crippen molar-refractivity contribution in [2.75, 3.05) is 18.5 Å². The van der Waals surface area contributed by atoms with E-state index < -0.39 is 23.3 Å². The van der Waals surface area contributed by atoms with Crippen molar-refractivity contribution in [2.24, 2.45) is 5.73 Å². The molecule has 2 rings (SSSR count). The van der Waals surface area contributed by atoms with Gasteiger partial charge in [-0.1, -0.05) is 6.07 Å². The Hall–Kier alpha value is -3.46. The van der Waals surface area contributed by atoms with Crippen LogP contribution in [0.25, 0.3) is 0 Å². The molecule has 9 heteroatoms. The summed E-state index contributed by atoms with van der Waals surface area (Å²) in [6.07, 6.45) is 2.60. The van der Waals surface area contributed by atoms with E-state index in [1.807, 2.05) is 12.1 Å². The summed E-state index contributed by atoms with van der Waals surface area (Å²) in [5, 5.41) is 14.1. The normalized spacial score (nSPS) is 12.5. The molecule has 0 saturated carbocycles. The smallest absolute Gasteiger partial charge is 0.303 e. The first-order valence-corrected chi connectivity index (χ1v) is 9.52. The number of aliphatic carboxylic acids is 1. The molecule has 0 aliphatic rings. The summed E-state index contributed by atoms with van der Waals surface area (Å²) in [6.45, 7) is 1.80. The van der Waals surface area contributed by atoms with Crippen molar-refractivity contribution >= 4 is 23.3 Å². The van der Waals surface area contributed by atoms with Crippen molar-refractivity contribution in [2.45, 2.75) is 31.8 Å². The number of ketones is 1. The number of ether oxygens (including phenoxy) is 1. The lowest BCUT2D eigenvalue weighted by molar-refractivity contribution is -0.137. The van der Waals surface area contributed by atoms with Gasteiger partial charge in [-0.25, -0.2) is 0 Å². The van der Waals surface area contributed by atoms with Crippen LogP contribution < -0.4 is 21.1 Å². The quantitative estimate of drug-likeness (QED) is 0.231. The number of nitrogens with two attached hydrogens (primary N) is 1. The third-order valence-corrected chi connectivity index (χ3v) is 4.31. The molecule has 0 fully saturated rings. The summed E-state index contributed by atoms with van der Waals surface area (Å²) < 4.78 is 5.46. The lowest BCUT2D eigenvalue weighted by Gasteiger charge is -2.27. The van der Waals surface area contributed by atoms with Crippen molar-refractivity contribution in [3.8, 4) is 5.75 Å². The van der Waals surface area contributed by atoms with Crippen LogP contribution in [0.5, 0.6) is 5.75 Å². The van der Waals surface area contributed by atoms with Crippen molar-refractivity contribution in [3.63, 3.8) is 0 Å². The van der Waals surface area contributed by atoms with E-state index in [1.54, 1.807) is 36.5 Å². The Morgan fingerprint density at radius 2 is 1.90 bits per heavy atom. The van der Waals surface area contributed by atoms with Gasteiger partial charge in [0.25, 0.3) is 5.91 Å². The molecule has 0 bridgehead atoms. The fraction of sp³-hybridized carbons (Fsp3) is 0.333. The fourth-order valence-electron chi connectivity index (χ4n) is 2.57. The molecular weight excluding hydrogens is 388 g/mol. The van der Waals surface area contributed by atoms with E-state index in [-0.39, 0.29) is 19.6 Å². The number of carboxylic acids is 1. The number of hydrogen-bond acceptors (Lipinski definition) is 7. The second-order valence-corrected chi connectivity index (χ2v) is 6.69. The summed E-state index contributed by atoms with van der Waals surface area (Å²) in [5.74, 6) is -1.51. The second kappa shape index (κ2) is 10.9. The Balaban J connectivity index is 1.91. The number of carboxylic acid groups (broad SMARTS) is 1. The van der Waals surface area contributed by atoms with Crippen LogP contribution in [0.4, 0.5) is 5.69 Å². The predicted octanol–water partition coefficient (Wildman–Crippen LogP) is 1.34. The lowest BCUT2D eigenvalue weighted by atomic mass is 10.0. The highest BCUT2D eigenvalue weighted by atomic mass is 16.5. The molecule has 5 N–H and O–H groups in total. The SMILES string of the molecule is CC(=O)C(N)(Nc1ccc(OCCCC(=O)O)cc1)C(=O)NCCc1ccccn1. The molecule has 0 spiro atoms. The average molecular weight is 414 g/mol. The second-order valence-electron chi connectivity index (χ2n) is 6.69. The van der Waals surface area contributed by atoms with Gasteiger partial charge in [0.1, 0.15) is 5.75 Å². The van der Waals surface area contributed by atoms with Crippen LogP contribution >= 0.6 is 0 Å². The number of pyridine rings is 1. The first-order valence-electron chi connectivity index (χ1n) is 9.52. The van der Waals surface area contributed by atoms with E-state index in [0.717, 1.165) is 5.69 Å². The highest BCUT2D eigenvalue weighted by Gasteiger charge is 2.39. The number of rotatable bonds is 12. The third-order valence-electron chi connectivity index (χ3n) is 4.31. The minimum absolute atomic E-state index is 0.0311. The molecule has 0 radical (unpaired) electrons. The summed E-state index contributed by atoms with van der Waals surface area (Å²) in [6, 6.07) is 12.0. The number of anilines is 1. The van der Waals surface area contributed by atoms with Gasteiger partial charge in [-0.15, -0.1) is 0 Å². The monoisotopic (exact) mass is 414 g/mol. The molecule has 0 aliphatic heterocycles. The number of Topliss-reactive ketones (excluding diaryl/α,β-unsaturated/α-hetero) is 1. The van der Waals surface area contributed by atoms with Crippen LogP contribution in [-0.4, -0.2) is 46.6 Å². The highest BCUT2D eigenvalue weighted by Crippen LogP contribution is 2.19. The number of benzene rings is 1. The molecule has 1 unspecified atom stereocenters. The number of nitrogens with zero attached hydrogens (tertiary/aromatic N) is 1.